The number of hydrogen-bond donors (Lipinski definition) is 1. The predicted octanol–water partition coefficient (Wildman–Crippen LogP) is 13.1. The highest BCUT2D eigenvalue weighted by Gasteiger charge is 2.16. The molecule has 0 heterocycles. The van der Waals surface area contributed by atoms with Gasteiger partial charge in [0.15, 0.2) is 6.10 Å². The Kier molecular flexibility index (Phi) is 38.5. The van der Waals surface area contributed by atoms with Crippen molar-refractivity contribution in [3.8, 4) is 0 Å². The molecule has 5 nitrogen and oxygen atoms in total. The van der Waals surface area contributed by atoms with Gasteiger partial charge in [-0.1, -0.05) is 179 Å². The van der Waals surface area contributed by atoms with Crippen molar-refractivity contribution in [2.45, 2.75) is 225 Å². The molecule has 0 fully saturated rings. The molecule has 0 bridgehead atoms. The maximum atomic E-state index is 12.2. The highest BCUT2D eigenvalue weighted by atomic mass is 16.6. The summed E-state index contributed by atoms with van der Waals surface area (Å²) in [6, 6.07) is 0. The molecule has 0 amide bonds. The molecule has 282 valence electrons. The molecule has 0 aromatic carbocycles. The summed E-state index contributed by atoms with van der Waals surface area (Å²) in [6.07, 6.45) is 46.9. The molecule has 1 atom stereocenters. The summed E-state index contributed by atoms with van der Waals surface area (Å²) in [7, 11) is 0. The number of allylic oxidation sites excluding steroid dienone is 4. The largest absolute Gasteiger partial charge is 0.462 e. The molecule has 0 saturated heterocycles. The van der Waals surface area contributed by atoms with Crippen molar-refractivity contribution in [1.82, 2.24) is 0 Å². The molecule has 0 unspecified atom stereocenters. The van der Waals surface area contributed by atoms with E-state index in [2.05, 4.69) is 38.2 Å². The minimum Gasteiger partial charge on any atom is -0.462 e. The Balaban J connectivity index is 3.51. The Morgan fingerprint density at radius 2 is 0.812 bits per heavy atom. The van der Waals surface area contributed by atoms with Crippen LogP contribution in [-0.2, 0) is 19.1 Å². The van der Waals surface area contributed by atoms with Crippen LogP contribution >= 0.6 is 0 Å². The molecule has 0 aromatic heterocycles. The van der Waals surface area contributed by atoms with E-state index in [4.69, 9.17) is 9.47 Å². The Hall–Kier alpha value is -1.62. The monoisotopic (exact) mass is 677 g/mol. The minimum absolute atomic E-state index is 0.0786. The first kappa shape index (κ1) is 46.4. The van der Waals surface area contributed by atoms with Gasteiger partial charge in [0.2, 0.25) is 0 Å². The van der Waals surface area contributed by atoms with Crippen LogP contribution < -0.4 is 0 Å². The second-order valence-corrected chi connectivity index (χ2v) is 14.1. The van der Waals surface area contributed by atoms with Gasteiger partial charge in [0.25, 0.3) is 0 Å². The summed E-state index contributed by atoms with van der Waals surface area (Å²) in [5.41, 5.74) is 0. The van der Waals surface area contributed by atoms with E-state index in [-0.39, 0.29) is 25.2 Å². The van der Waals surface area contributed by atoms with Crippen molar-refractivity contribution in [2.24, 2.45) is 0 Å². The van der Waals surface area contributed by atoms with E-state index in [1.807, 2.05) is 0 Å². The molecule has 1 N–H and O–H groups in total. The molecule has 0 rings (SSSR count). The van der Waals surface area contributed by atoms with E-state index in [1.165, 1.54) is 148 Å². The zero-order valence-electron chi connectivity index (χ0n) is 32.0. The van der Waals surface area contributed by atoms with Crippen LogP contribution in [0.25, 0.3) is 0 Å². The molecular weight excluding hydrogens is 596 g/mol. The number of rotatable bonds is 38. The third kappa shape index (κ3) is 37.2. The smallest absolute Gasteiger partial charge is 0.306 e. The lowest BCUT2D eigenvalue weighted by atomic mass is 10.0. The van der Waals surface area contributed by atoms with Gasteiger partial charge in [-0.3, -0.25) is 9.59 Å². The van der Waals surface area contributed by atoms with Crippen molar-refractivity contribution in [3.63, 3.8) is 0 Å². The molecular formula is C43H80O5. The number of aliphatic hydroxyl groups is 1. The summed E-state index contributed by atoms with van der Waals surface area (Å²) in [5, 5.41) is 9.54. The van der Waals surface area contributed by atoms with Crippen LogP contribution in [0.2, 0.25) is 0 Å². The average molecular weight is 677 g/mol. The molecule has 0 radical (unpaired) electrons. The molecule has 0 aromatic rings. The van der Waals surface area contributed by atoms with Gasteiger partial charge in [-0.15, -0.1) is 0 Å². The molecule has 5 heteroatoms. The first-order chi connectivity index (χ1) is 23.6. The summed E-state index contributed by atoms with van der Waals surface area (Å²) in [4.78, 5) is 24.2. The molecule has 0 aliphatic rings. The number of aliphatic hydroxyl groups excluding tert-OH is 1. The second-order valence-electron chi connectivity index (χ2n) is 14.1. The molecule has 0 aliphatic heterocycles. The van der Waals surface area contributed by atoms with E-state index >= 15 is 0 Å². The number of ether oxygens (including phenoxy) is 2. The Morgan fingerprint density at radius 1 is 0.458 bits per heavy atom. The van der Waals surface area contributed by atoms with Crippen LogP contribution in [0.3, 0.4) is 0 Å². The maximum absolute atomic E-state index is 12.2. The van der Waals surface area contributed by atoms with Crippen LogP contribution in [-0.4, -0.2) is 36.4 Å². The standard InChI is InChI=1S/C43H80O5/c1-3-5-7-9-11-13-15-16-17-18-19-20-21-22-23-24-25-26-28-30-32-34-36-38-43(46)48-41(39-44)40-47-42(45)37-35-33-31-29-27-14-12-10-8-6-4-2/h10,12,30,32,41,44H,3-9,11,13-29,31,33-40H2,1-2H3/b12-10+,32-30+/t41-/m0/s1. The highest BCUT2D eigenvalue weighted by Crippen LogP contribution is 2.15. The number of unbranched alkanes of at least 4 members (excludes halogenated alkanes) is 26. The van der Waals surface area contributed by atoms with Gasteiger partial charge in [-0.05, 0) is 51.4 Å². The van der Waals surface area contributed by atoms with Crippen LogP contribution in [0.4, 0.5) is 0 Å². The fourth-order valence-electron chi connectivity index (χ4n) is 6.01. The van der Waals surface area contributed by atoms with Gasteiger partial charge in [0.05, 0.1) is 6.61 Å². The number of esters is 2. The van der Waals surface area contributed by atoms with E-state index in [9.17, 15) is 14.7 Å². The number of carbonyl (C=O) groups is 2. The summed E-state index contributed by atoms with van der Waals surface area (Å²) < 4.78 is 10.6. The zero-order chi connectivity index (χ0) is 35.0. The van der Waals surface area contributed by atoms with Gasteiger partial charge >= 0.3 is 11.9 Å². The third-order valence-corrected chi connectivity index (χ3v) is 9.22. The van der Waals surface area contributed by atoms with Crippen LogP contribution in [0.1, 0.15) is 219 Å². The second kappa shape index (κ2) is 39.8. The number of carbonyl (C=O) groups excluding carboxylic acids is 2. The van der Waals surface area contributed by atoms with Crippen molar-refractivity contribution in [2.75, 3.05) is 13.2 Å². The van der Waals surface area contributed by atoms with Crippen molar-refractivity contribution < 1.29 is 24.2 Å². The van der Waals surface area contributed by atoms with Crippen LogP contribution in [0.5, 0.6) is 0 Å². The van der Waals surface area contributed by atoms with E-state index in [0.717, 1.165) is 44.9 Å². The lowest BCUT2D eigenvalue weighted by Crippen LogP contribution is -2.28. The SMILES string of the molecule is CCCC/C=C/CCCCCCCC(=O)OC[C@H](CO)OC(=O)CCC/C=C/CCCCCCCCCCCCCCCCCCCC. The van der Waals surface area contributed by atoms with Crippen molar-refractivity contribution in [1.29, 1.82) is 0 Å². The highest BCUT2D eigenvalue weighted by molar-refractivity contribution is 5.70. The van der Waals surface area contributed by atoms with E-state index in [0.29, 0.717) is 12.8 Å². The quantitative estimate of drug-likeness (QED) is 0.0400. The Labute approximate surface area is 298 Å². The predicted molar refractivity (Wildman–Crippen MR) is 205 cm³/mol. The zero-order valence-corrected chi connectivity index (χ0v) is 32.0. The fourth-order valence-corrected chi connectivity index (χ4v) is 6.01. The average Bonchev–Trinajstić information content (AvgIpc) is 3.09. The summed E-state index contributed by atoms with van der Waals surface area (Å²) >= 11 is 0. The van der Waals surface area contributed by atoms with Crippen LogP contribution in [0.15, 0.2) is 24.3 Å². The first-order valence-corrected chi connectivity index (χ1v) is 20.9. The van der Waals surface area contributed by atoms with Crippen molar-refractivity contribution in [3.05, 3.63) is 24.3 Å². The molecule has 0 saturated carbocycles. The normalized spacial score (nSPS) is 12.3. The Morgan fingerprint density at radius 3 is 1.25 bits per heavy atom. The molecule has 0 spiro atoms. The maximum Gasteiger partial charge on any atom is 0.306 e. The molecule has 48 heavy (non-hydrogen) atoms. The van der Waals surface area contributed by atoms with Crippen molar-refractivity contribution >= 4 is 11.9 Å². The minimum atomic E-state index is -0.785. The van der Waals surface area contributed by atoms with E-state index in [1.54, 1.807) is 0 Å². The number of hydrogen-bond acceptors (Lipinski definition) is 5. The van der Waals surface area contributed by atoms with Gasteiger partial charge in [-0.2, -0.15) is 0 Å². The lowest BCUT2D eigenvalue weighted by Gasteiger charge is -2.15. The lowest BCUT2D eigenvalue weighted by molar-refractivity contribution is -0.161. The van der Waals surface area contributed by atoms with Gasteiger partial charge in [0.1, 0.15) is 6.61 Å². The molecule has 0 aliphatic carbocycles. The van der Waals surface area contributed by atoms with E-state index < -0.39 is 6.10 Å². The summed E-state index contributed by atoms with van der Waals surface area (Å²) in [6.45, 7) is 4.08. The van der Waals surface area contributed by atoms with Gasteiger partial charge < -0.3 is 14.6 Å². The van der Waals surface area contributed by atoms with Crippen LogP contribution in [0, 0.1) is 0 Å². The fraction of sp³-hybridized carbons (Fsp3) is 0.860. The van der Waals surface area contributed by atoms with Gasteiger partial charge in [0, 0.05) is 12.8 Å². The summed E-state index contributed by atoms with van der Waals surface area (Å²) in [5.74, 6) is -0.634. The Bertz CT molecular complexity index is 731. The first-order valence-electron chi connectivity index (χ1n) is 20.9. The topological polar surface area (TPSA) is 72.8 Å². The van der Waals surface area contributed by atoms with Gasteiger partial charge in [-0.25, -0.2) is 0 Å². The third-order valence-electron chi connectivity index (χ3n) is 9.22.